The number of hydrogen-bond donors (Lipinski definition) is 2. The Kier molecular flexibility index (Phi) is 3.19. The molecule has 0 spiro atoms. The molecule has 1 heterocycles. The second-order valence-electron chi connectivity index (χ2n) is 4.17. The van der Waals surface area contributed by atoms with Gasteiger partial charge in [0.15, 0.2) is 5.82 Å². The average molecular weight is 224 g/mol. The fraction of sp³-hybridized carbons (Fsp3) is 0.700. The lowest BCUT2D eigenvalue weighted by molar-refractivity contribution is -0.146. The van der Waals surface area contributed by atoms with E-state index in [1.54, 1.807) is 11.0 Å². The maximum Gasteiger partial charge on any atom is 0.308 e. The molecule has 16 heavy (non-hydrogen) atoms. The molecule has 2 atom stereocenters. The van der Waals surface area contributed by atoms with Gasteiger partial charge in [-0.3, -0.25) is 9.48 Å². The number of rotatable bonds is 5. The van der Waals surface area contributed by atoms with Gasteiger partial charge in [-0.25, -0.2) is 4.98 Å². The first-order chi connectivity index (χ1) is 7.66. The molecule has 1 saturated carbocycles. The largest absolute Gasteiger partial charge is 0.481 e. The Hall–Kier alpha value is -1.43. The minimum absolute atomic E-state index is 0.126. The van der Waals surface area contributed by atoms with E-state index in [1.165, 1.54) is 0 Å². The Morgan fingerprint density at radius 3 is 3.00 bits per heavy atom. The molecule has 1 aromatic rings. The quantitative estimate of drug-likeness (QED) is 0.724. The highest BCUT2D eigenvalue weighted by Crippen LogP contribution is 2.27. The van der Waals surface area contributed by atoms with Crippen molar-refractivity contribution >= 4 is 5.97 Å². The molecule has 0 radical (unpaired) electrons. The van der Waals surface area contributed by atoms with Crippen LogP contribution in [-0.2, 0) is 18.3 Å². The predicted molar refractivity (Wildman–Crippen MR) is 56.9 cm³/mol. The van der Waals surface area contributed by atoms with Gasteiger partial charge in [0.25, 0.3) is 0 Å². The highest BCUT2D eigenvalue weighted by atomic mass is 16.4. The molecule has 0 aliphatic heterocycles. The first-order valence-corrected chi connectivity index (χ1v) is 5.47. The molecule has 6 nitrogen and oxygen atoms in total. The molecule has 88 valence electrons. The van der Waals surface area contributed by atoms with Crippen molar-refractivity contribution in [2.45, 2.75) is 25.3 Å². The summed E-state index contributed by atoms with van der Waals surface area (Å²) in [5.41, 5.74) is 0. The molecule has 2 rings (SSSR count). The summed E-state index contributed by atoms with van der Waals surface area (Å²) >= 11 is 0. The van der Waals surface area contributed by atoms with Crippen LogP contribution in [0.1, 0.15) is 18.7 Å². The van der Waals surface area contributed by atoms with E-state index >= 15 is 0 Å². The maximum atomic E-state index is 10.8. The van der Waals surface area contributed by atoms with E-state index in [4.69, 9.17) is 5.11 Å². The topological polar surface area (TPSA) is 80.0 Å². The Bertz CT molecular complexity index is 377. The molecule has 1 aliphatic carbocycles. The molecule has 1 aromatic heterocycles. The van der Waals surface area contributed by atoms with Gasteiger partial charge < -0.3 is 10.4 Å². The number of hydrogen-bond acceptors (Lipinski definition) is 4. The van der Waals surface area contributed by atoms with Gasteiger partial charge in [0.05, 0.1) is 5.92 Å². The van der Waals surface area contributed by atoms with Gasteiger partial charge in [-0.1, -0.05) is 0 Å². The second-order valence-corrected chi connectivity index (χ2v) is 4.17. The molecular formula is C10H16N4O2. The average Bonchev–Trinajstić information content (AvgIpc) is 2.56. The molecule has 0 amide bonds. The lowest BCUT2D eigenvalue weighted by atomic mass is 9.79. The first-order valence-electron chi connectivity index (χ1n) is 5.47. The van der Waals surface area contributed by atoms with Crippen LogP contribution in [0.4, 0.5) is 0 Å². The van der Waals surface area contributed by atoms with Crippen LogP contribution in [0.5, 0.6) is 0 Å². The number of nitrogens with one attached hydrogen (secondary N) is 1. The Balaban J connectivity index is 1.70. The van der Waals surface area contributed by atoms with Crippen LogP contribution >= 0.6 is 0 Å². The minimum atomic E-state index is -0.695. The predicted octanol–water partition coefficient (Wildman–Crippen LogP) is -0.190. The molecule has 0 saturated heterocycles. The summed E-state index contributed by atoms with van der Waals surface area (Å²) in [6.07, 6.45) is 4.14. The van der Waals surface area contributed by atoms with E-state index in [0.29, 0.717) is 0 Å². The second kappa shape index (κ2) is 4.61. The fourth-order valence-electron chi connectivity index (χ4n) is 1.91. The fourth-order valence-corrected chi connectivity index (χ4v) is 1.91. The van der Waals surface area contributed by atoms with Crippen molar-refractivity contribution in [3.63, 3.8) is 0 Å². The summed E-state index contributed by atoms with van der Waals surface area (Å²) in [7, 11) is 1.83. The molecule has 0 aromatic carbocycles. The Labute approximate surface area is 93.7 Å². The van der Waals surface area contributed by atoms with Crippen LogP contribution in [0.15, 0.2) is 6.33 Å². The standard InChI is InChI=1S/C10H16N4O2/c1-14-6-12-9(13-14)4-5-11-8-3-2-7(8)10(15)16/h6-8,11H,2-5H2,1H3,(H,15,16). The van der Waals surface area contributed by atoms with Crippen LogP contribution in [0.2, 0.25) is 0 Å². The molecule has 1 fully saturated rings. The van der Waals surface area contributed by atoms with E-state index in [0.717, 1.165) is 31.6 Å². The highest BCUT2D eigenvalue weighted by Gasteiger charge is 2.35. The van der Waals surface area contributed by atoms with Crippen molar-refractivity contribution < 1.29 is 9.90 Å². The molecule has 2 N–H and O–H groups in total. The maximum absolute atomic E-state index is 10.8. The van der Waals surface area contributed by atoms with Crippen LogP contribution in [0.3, 0.4) is 0 Å². The lowest BCUT2D eigenvalue weighted by Crippen LogP contribution is -2.48. The van der Waals surface area contributed by atoms with Crippen molar-refractivity contribution in [3.05, 3.63) is 12.2 Å². The smallest absolute Gasteiger partial charge is 0.308 e. The summed E-state index contributed by atoms with van der Waals surface area (Å²) in [6.45, 7) is 0.735. The number of aliphatic carboxylic acids is 1. The third-order valence-corrected chi connectivity index (χ3v) is 2.99. The van der Waals surface area contributed by atoms with Crippen molar-refractivity contribution in [1.82, 2.24) is 20.1 Å². The summed E-state index contributed by atoms with van der Waals surface area (Å²) in [4.78, 5) is 14.9. The van der Waals surface area contributed by atoms with E-state index in [9.17, 15) is 4.79 Å². The van der Waals surface area contributed by atoms with Gasteiger partial charge >= 0.3 is 5.97 Å². The first kappa shape index (κ1) is 11.1. The van der Waals surface area contributed by atoms with Crippen molar-refractivity contribution in [2.24, 2.45) is 13.0 Å². The van der Waals surface area contributed by atoms with Crippen LogP contribution in [0.25, 0.3) is 0 Å². The number of aromatic nitrogens is 3. The zero-order valence-electron chi connectivity index (χ0n) is 9.26. The zero-order valence-corrected chi connectivity index (χ0v) is 9.26. The number of nitrogens with zero attached hydrogens (tertiary/aromatic N) is 3. The molecule has 0 bridgehead atoms. The molecular weight excluding hydrogens is 208 g/mol. The summed E-state index contributed by atoms with van der Waals surface area (Å²) in [5.74, 6) is -0.113. The van der Waals surface area contributed by atoms with Crippen LogP contribution in [0, 0.1) is 5.92 Å². The Morgan fingerprint density at radius 2 is 2.50 bits per heavy atom. The van der Waals surface area contributed by atoms with E-state index in [1.807, 2.05) is 7.05 Å². The van der Waals surface area contributed by atoms with Crippen molar-refractivity contribution in [2.75, 3.05) is 6.54 Å². The zero-order chi connectivity index (χ0) is 11.5. The normalized spacial score (nSPS) is 24.1. The SMILES string of the molecule is Cn1cnc(CCNC2CCC2C(=O)O)n1. The van der Waals surface area contributed by atoms with E-state index in [-0.39, 0.29) is 12.0 Å². The van der Waals surface area contributed by atoms with Gasteiger partial charge in [0.1, 0.15) is 6.33 Å². The van der Waals surface area contributed by atoms with Crippen LogP contribution < -0.4 is 5.32 Å². The third-order valence-electron chi connectivity index (χ3n) is 2.99. The van der Waals surface area contributed by atoms with Gasteiger partial charge in [0.2, 0.25) is 0 Å². The molecule has 6 heteroatoms. The van der Waals surface area contributed by atoms with Gasteiger partial charge in [0, 0.05) is 26.1 Å². The number of aryl methyl sites for hydroxylation is 1. The van der Waals surface area contributed by atoms with Crippen molar-refractivity contribution in [3.8, 4) is 0 Å². The van der Waals surface area contributed by atoms with Gasteiger partial charge in [-0.15, -0.1) is 0 Å². The summed E-state index contributed by atoms with van der Waals surface area (Å²) < 4.78 is 1.67. The van der Waals surface area contributed by atoms with Gasteiger partial charge in [-0.05, 0) is 12.8 Å². The van der Waals surface area contributed by atoms with E-state index in [2.05, 4.69) is 15.4 Å². The lowest BCUT2D eigenvalue weighted by Gasteiger charge is -2.34. The molecule has 2 unspecified atom stereocenters. The van der Waals surface area contributed by atoms with E-state index < -0.39 is 5.97 Å². The van der Waals surface area contributed by atoms with Crippen LogP contribution in [-0.4, -0.2) is 38.4 Å². The number of carboxylic acid groups (broad SMARTS) is 1. The monoisotopic (exact) mass is 224 g/mol. The van der Waals surface area contributed by atoms with Crippen molar-refractivity contribution in [1.29, 1.82) is 0 Å². The third kappa shape index (κ3) is 2.38. The number of carbonyl (C=O) groups is 1. The summed E-state index contributed by atoms with van der Waals surface area (Å²) in [6, 6.07) is 0.126. The minimum Gasteiger partial charge on any atom is -0.481 e. The Morgan fingerprint density at radius 1 is 1.69 bits per heavy atom. The molecule has 1 aliphatic rings. The number of carboxylic acids is 1. The highest BCUT2D eigenvalue weighted by molar-refractivity contribution is 5.72. The van der Waals surface area contributed by atoms with Gasteiger partial charge in [-0.2, -0.15) is 5.10 Å². The summed E-state index contributed by atoms with van der Waals surface area (Å²) in [5, 5.41) is 16.2.